The van der Waals surface area contributed by atoms with Crippen LogP contribution in [0.25, 0.3) is 10.8 Å². The second-order valence-corrected chi connectivity index (χ2v) is 11.7. The molecule has 0 bridgehead atoms. The standard InChI is InChI=1S/C30H34Cl2N8O2/c1-19-17-39(29(42)27(33)15-23-10-11-24(31)16-26(23)32)25(7-4-12-40-36-30(34)35-37-40)18-38(19)28(41)14-20-8-9-21-5-2-3-6-22(21)13-20/h2-3,5-6,8-11,13,16,19,25,27H,4,7,12,14-15,17-18,33H2,1H3,(H2,34,36)/t19-,25?,27-/m1/s1. The van der Waals surface area contributed by atoms with Gasteiger partial charge in [-0.3, -0.25) is 9.59 Å². The van der Waals surface area contributed by atoms with Crippen molar-refractivity contribution >= 4 is 51.7 Å². The summed E-state index contributed by atoms with van der Waals surface area (Å²) in [6, 6.07) is 18.2. The molecule has 0 radical (unpaired) electrons. The summed E-state index contributed by atoms with van der Waals surface area (Å²) in [7, 11) is 0. The number of hydrogen-bond donors (Lipinski definition) is 2. The molecule has 1 fully saturated rings. The lowest BCUT2D eigenvalue weighted by Gasteiger charge is -2.46. The van der Waals surface area contributed by atoms with Crippen LogP contribution in [0.3, 0.4) is 0 Å². The van der Waals surface area contributed by atoms with Gasteiger partial charge >= 0.3 is 0 Å². The number of benzene rings is 3. The Morgan fingerprint density at radius 1 is 1.02 bits per heavy atom. The Morgan fingerprint density at radius 2 is 1.81 bits per heavy atom. The highest BCUT2D eigenvalue weighted by atomic mass is 35.5. The molecule has 1 aromatic heterocycles. The van der Waals surface area contributed by atoms with E-state index in [4.69, 9.17) is 34.7 Å². The molecular formula is C30H34Cl2N8O2. The third-order valence-electron chi connectivity index (χ3n) is 7.75. The van der Waals surface area contributed by atoms with Crippen molar-refractivity contribution in [2.24, 2.45) is 5.73 Å². The van der Waals surface area contributed by atoms with Gasteiger partial charge in [-0.15, -0.1) is 5.10 Å². The Kier molecular flexibility index (Phi) is 9.25. The van der Waals surface area contributed by atoms with Crippen LogP contribution in [0.1, 0.15) is 30.9 Å². The summed E-state index contributed by atoms with van der Waals surface area (Å²) in [5.74, 6) is -0.0453. The first-order chi connectivity index (χ1) is 20.2. The first-order valence-corrected chi connectivity index (χ1v) is 14.7. The van der Waals surface area contributed by atoms with Crippen molar-refractivity contribution in [1.29, 1.82) is 0 Å². The zero-order valence-corrected chi connectivity index (χ0v) is 24.9. The number of tetrazole rings is 1. The van der Waals surface area contributed by atoms with Crippen LogP contribution in [-0.2, 0) is 29.0 Å². The van der Waals surface area contributed by atoms with Gasteiger partial charge in [-0.25, -0.2) is 0 Å². The molecule has 10 nitrogen and oxygen atoms in total. The van der Waals surface area contributed by atoms with Crippen molar-refractivity contribution < 1.29 is 9.59 Å². The van der Waals surface area contributed by atoms with Crippen molar-refractivity contribution in [3.63, 3.8) is 0 Å². The van der Waals surface area contributed by atoms with E-state index < -0.39 is 6.04 Å². The molecular weight excluding hydrogens is 575 g/mol. The number of aryl methyl sites for hydroxylation is 1. The SMILES string of the molecule is C[C@@H]1CN(C(=O)[C@H](N)Cc2ccc(Cl)cc2Cl)C(CCCn2nnc(N)n2)CN1C(=O)Cc1ccc2ccccc2c1. The predicted molar refractivity (Wildman–Crippen MR) is 164 cm³/mol. The number of aromatic nitrogens is 4. The third-order valence-corrected chi connectivity index (χ3v) is 8.34. The van der Waals surface area contributed by atoms with E-state index in [2.05, 4.69) is 27.5 Å². The van der Waals surface area contributed by atoms with Crippen molar-refractivity contribution in [2.75, 3.05) is 18.8 Å². The summed E-state index contributed by atoms with van der Waals surface area (Å²) in [5.41, 5.74) is 13.8. The summed E-state index contributed by atoms with van der Waals surface area (Å²) in [5, 5.41) is 14.9. The van der Waals surface area contributed by atoms with E-state index in [9.17, 15) is 9.59 Å². The van der Waals surface area contributed by atoms with Gasteiger partial charge in [0.15, 0.2) is 0 Å². The summed E-state index contributed by atoms with van der Waals surface area (Å²) in [6.07, 6.45) is 1.84. The minimum Gasteiger partial charge on any atom is -0.365 e. The van der Waals surface area contributed by atoms with Gasteiger partial charge in [0.1, 0.15) is 0 Å². The van der Waals surface area contributed by atoms with Gasteiger partial charge in [0, 0.05) is 35.2 Å². The second-order valence-electron chi connectivity index (χ2n) is 10.8. The minimum absolute atomic E-state index is 0.0258. The molecule has 3 atom stereocenters. The number of nitrogens with two attached hydrogens (primary N) is 2. The van der Waals surface area contributed by atoms with Gasteiger partial charge in [-0.2, -0.15) is 4.80 Å². The van der Waals surface area contributed by atoms with Gasteiger partial charge in [0.2, 0.25) is 11.8 Å². The van der Waals surface area contributed by atoms with Crippen LogP contribution in [0, 0.1) is 0 Å². The lowest BCUT2D eigenvalue weighted by Crippen LogP contribution is -2.63. The molecule has 1 unspecified atom stereocenters. The first-order valence-electron chi connectivity index (χ1n) is 14.0. The summed E-state index contributed by atoms with van der Waals surface area (Å²) < 4.78 is 0. The van der Waals surface area contributed by atoms with Crippen molar-refractivity contribution in [1.82, 2.24) is 30.0 Å². The van der Waals surface area contributed by atoms with Crippen LogP contribution in [0.2, 0.25) is 10.0 Å². The number of carbonyl (C=O) groups excluding carboxylic acids is 2. The lowest BCUT2D eigenvalue weighted by molar-refractivity contribution is -0.147. The molecule has 2 heterocycles. The molecule has 3 aromatic carbocycles. The van der Waals surface area contributed by atoms with Gasteiger partial charge in [0.05, 0.1) is 19.0 Å². The highest BCUT2D eigenvalue weighted by Crippen LogP contribution is 2.25. The maximum absolute atomic E-state index is 13.7. The molecule has 4 N–H and O–H groups in total. The van der Waals surface area contributed by atoms with Gasteiger partial charge < -0.3 is 21.3 Å². The summed E-state index contributed by atoms with van der Waals surface area (Å²) >= 11 is 12.4. The van der Waals surface area contributed by atoms with Crippen LogP contribution >= 0.6 is 23.2 Å². The van der Waals surface area contributed by atoms with Crippen molar-refractivity contribution in [2.45, 2.75) is 57.3 Å². The predicted octanol–water partition coefficient (Wildman–Crippen LogP) is 3.74. The fourth-order valence-electron chi connectivity index (χ4n) is 5.57. The van der Waals surface area contributed by atoms with Crippen LogP contribution in [0.4, 0.5) is 5.95 Å². The van der Waals surface area contributed by atoms with Gasteiger partial charge in [-0.05, 0) is 65.4 Å². The number of nitrogen functional groups attached to an aromatic ring is 1. The van der Waals surface area contributed by atoms with E-state index in [-0.39, 0.29) is 42.7 Å². The van der Waals surface area contributed by atoms with E-state index in [0.717, 1.165) is 21.9 Å². The van der Waals surface area contributed by atoms with E-state index in [1.807, 2.05) is 47.1 Å². The topological polar surface area (TPSA) is 136 Å². The fraction of sp³-hybridized carbons (Fsp3) is 0.367. The molecule has 4 aromatic rings. The summed E-state index contributed by atoms with van der Waals surface area (Å²) in [6.45, 7) is 3.23. The number of halogens is 2. The molecule has 1 aliphatic rings. The summed E-state index contributed by atoms with van der Waals surface area (Å²) in [4.78, 5) is 32.5. The Hall–Kier alpha value is -3.73. The average molecular weight is 610 g/mol. The highest BCUT2D eigenvalue weighted by Gasteiger charge is 2.38. The van der Waals surface area contributed by atoms with E-state index >= 15 is 0 Å². The Morgan fingerprint density at radius 3 is 2.55 bits per heavy atom. The molecule has 1 aliphatic heterocycles. The Labute approximate surface area is 254 Å². The number of piperazine rings is 1. The quantitative estimate of drug-likeness (QED) is 0.295. The zero-order chi connectivity index (χ0) is 29.8. The monoisotopic (exact) mass is 608 g/mol. The number of carbonyl (C=O) groups is 2. The number of hydrogen-bond acceptors (Lipinski definition) is 7. The van der Waals surface area contributed by atoms with Gasteiger partial charge in [0.25, 0.3) is 5.95 Å². The molecule has 5 rings (SSSR count). The molecule has 12 heteroatoms. The molecule has 0 aliphatic carbocycles. The van der Waals surface area contributed by atoms with Crippen LogP contribution in [-0.4, -0.2) is 73.0 Å². The minimum atomic E-state index is -0.796. The van der Waals surface area contributed by atoms with Crippen molar-refractivity contribution in [3.8, 4) is 0 Å². The molecule has 220 valence electrons. The maximum atomic E-state index is 13.7. The molecule has 0 saturated carbocycles. The molecule has 42 heavy (non-hydrogen) atoms. The maximum Gasteiger partial charge on any atom is 0.260 e. The number of rotatable bonds is 9. The van der Waals surface area contributed by atoms with Gasteiger partial charge in [-0.1, -0.05) is 76.8 Å². The van der Waals surface area contributed by atoms with Crippen LogP contribution < -0.4 is 11.5 Å². The normalized spacial score (nSPS) is 17.9. The number of fused-ring (bicyclic) bond motifs is 1. The Bertz CT molecular complexity index is 1580. The average Bonchev–Trinajstić information content (AvgIpc) is 3.39. The first kappa shape index (κ1) is 29.8. The molecule has 2 amide bonds. The largest absolute Gasteiger partial charge is 0.365 e. The number of anilines is 1. The van der Waals surface area contributed by atoms with Crippen molar-refractivity contribution in [3.05, 3.63) is 81.8 Å². The lowest BCUT2D eigenvalue weighted by atomic mass is 9.98. The molecule has 1 saturated heterocycles. The zero-order valence-electron chi connectivity index (χ0n) is 23.4. The van der Waals surface area contributed by atoms with E-state index in [0.29, 0.717) is 42.5 Å². The van der Waals surface area contributed by atoms with E-state index in [1.54, 1.807) is 18.2 Å². The Balaban J connectivity index is 1.30. The highest BCUT2D eigenvalue weighted by molar-refractivity contribution is 6.35. The molecule has 0 spiro atoms. The van der Waals surface area contributed by atoms with E-state index in [1.165, 1.54) is 4.80 Å². The fourth-order valence-corrected chi connectivity index (χ4v) is 6.06. The van der Waals surface area contributed by atoms with Crippen LogP contribution in [0.15, 0.2) is 60.7 Å². The smallest absolute Gasteiger partial charge is 0.260 e. The number of nitrogens with zero attached hydrogens (tertiary/aromatic N) is 6. The van der Waals surface area contributed by atoms with Crippen LogP contribution in [0.5, 0.6) is 0 Å². The third kappa shape index (κ3) is 7.00. The second kappa shape index (κ2) is 13.1. The number of amides is 2.